The second-order valence-electron chi connectivity index (χ2n) is 4.11. The molecule has 1 aromatic carbocycles. The number of hydrogen-bond donors (Lipinski definition) is 0. The molecule has 0 saturated heterocycles. The third-order valence-corrected chi connectivity index (χ3v) is 3.19. The summed E-state index contributed by atoms with van der Waals surface area (Å²) in [6.07, 6.45) is 1.76. The lowest BCUT2D eigenvalue weighted by molar-refractivity contribution is -0.386. The van der Waals surface area contributed by atoms with Gasteiger partial charge in [0.15, 0.2) is 5.69 Å². The lowest BCUT2D eigenvalue weighted by atomic mass is 10.1. The lowest BCUT2D eigenvalue weighted by Gasteiger charge is -1.97. The maximum Gasteiger partial charge on any atom is 0.339 e. The van der Waals surface area contributed by atoms with Crippen molar-refractivity contribution in [3.8, 4) is 0 Å². The highest BCUT2D eigenvalue weighted by molar-refractivity contribution is 9.15. The summed E-state index contributed by atoms with van der Waals surface area (Å²) in [6.45, 7) is 3.53. The molecule has 0 amide bonds. The first-order chi connectivity index (χ1) is 8.99. The van der Waals surface area contributed by atoms with Gasteiger partial charge in [-0.1, -0.05) is 35.0 Å². The summed E-state index contributed by atoms with van der Waals surface area (Å²) in [5.74, 6) is 0.128. The molecule has 2 rings (SSSR count). The van der Waals surface area contributed by atoms with Crippen molar-refractivity contribution in [1.82, 2.24) is 5.16 Å². The van der Waals surface area contributed by atoms with Gasteiger partial charge in [0.05, 0.1) is 9.41 Å². The third kappa shape index (κ3) is 2.90. The molecule has 0 aliphatic carbocycles. The summed E-state index contributed by atoms with van der Waals surface area (Å²) < 4.78 is 5.50. The van der Waals surface area contributed by atoms with Gasteiger partial charge >= 0.3 is 5.69 Å². The minimum atomic E-state index is -0.495. The molecule has 5 nitrogen and oxygen atoms in total. The van der Waals surface area contributed by atoms with Crippen LogP contribution in [0.2, 0.25) is 0 Å². The van der Waals surface area contributed by atoms with Crippen LogP contribution in [0.15, 0.2) is 28.8 Å². The van der Waals surface area contributed by atoms with Crippen LogP contribution in [0.4, 0.5) is 5.69 Å². The Balaban J connectivity index is 2.41. The average Bonchev–Trinajstić information content (AvgIpc) is 2.74. The van der Waals surface area contributed by atoms with Gasteiger partial charge in [0, 0.05) is 0 Å². The summed E-state index contributed by atoms with van der Waals surface area (Å²) in [4.78, 5) is 10.5. The van der Waals surface area contributed by atoms with Crippen molar-refractivity contribution in [2.24, 2.45) is 0 Å². The molecule has 1 aromatic heterocycles. The molecule has 0 fully saturated rings. The van der Waals surface area contributed by atoms with Gasteiger partial charge in [-0.3, -0.25) is 10.1 Å². The standard InChI is InChI=1S/C13H11BrN2O3/c1-8-3-5-10(6-4-8)7-11(14)13-12(16(17)18)9(2)15-19-13/h3-7H,1-2H3/b11-7+. The Bertz CT molecular complexity index is 644. The number of aryl methyl sites for hydroxylation is 2. The molecule has 0 atom stereocenters. The molecule has 0 aliphatic rings. The van der Waals surface area contributed by atoms with Crippen LogP contribution in [-0.4, -0.2) is 10.1 Å². The predicted octanol–water partition coefficient (Wildman–Crippen LogP) is 4.09. The van der Waals surface area contributed by atoms with Crippen LogP contribution in [0.5, 0.6) is 0 Å². The summed E-state index contributed by atoms with van der Waals surface area (Å²) in [5, 5.41) is 14.6. The zero-order chi connectivity index (χ0) is 14.0. The highest BCUT2D eigenvalue weighted by atomic mass is 79.9. The number of hydrogen-bond acceptors (Lipinski definition) is 4. The van der Waals surface area contributed by atoms with E-state index in [2.05, 4.69) is 21.1 Å². The highest BCUT2D eigenvalue weighted by Gasteiger charge is 2.25. The van der Waals surface area contributed by atoms with Crippen LogP contribution in [0.1, 0.15) is 22.6 Å². The van der Waals surface area contributed by atoms with E-state index in [0.717, 1.165) is 11.1 Å². The second kappa shape index (κ2) is 5.36. The minimum absolute atomic E-state index is 0.116. The molecule has 0 radical (unpaired) electrons. The van der Waals surface area contributed by atoms with Crippen LogP contribution >= 0.6 is 15.9 Å². The van der Waals surface area contributed by atoms with E-state index in [9.17, 15) is 10.1 Å². The minimum Gasteiger partial charge on any atom is -0.348 e. The Hall–Kier alpha value is -1.95. The Labute approximate surface area is 118 Å². The van der Waals surface area contributed by atoms with Gasteiger partial charge in [-0.25, -0.2) is 0 Å². The fourth-order valence-corrected chi connectivity index (χ4v) is 2.14. The van der Waals surface area contributed by atoms with Gasteiger partial charge < -0.3 is 4.52 Å². The number of aromatic nitrogens is 1. The van der Waals surface area contributed by atoms with Gasteiger partial charge in [-0.05, 0) is 41.4 Å². The van der Waals surface area contributed by atoms with Crippen molar-refractivity contribution in [3.63, 3.8) is 0 Å². The van der Waals surface area contributed by atoms with E-state index in [4.69, 9.17) is 4.52 Å². The molecule has 1 heterocycles. The van der Waals surface area contributed by atoms with Crippen molar-refractivity contribution < 1.29 is 9.45 Å². The van der Waals surface area contributed by atoms with Crippen molar-refractivity contribution >= 4 is 32.2 Å². The summed E-state index contributed by atoms with van der Waals surface area (Å²) in [5.41, 5.74) is 2.21. The Morgan fingerprint density at radius 2 is 2.00 bits per heavy atom. The summed E-state index contributed by atoms with van der Waals surface area (Å²) >= 11 is 3.30. The van der Waals surface area contributed by atoms with Gasteiger partial charge in [0.2, 0.25) is 0 Å². The van der Waals surface area contributed by atoms with Gasteiger partial charge in [0.25, 0.3) is 5.76 Å². The monoisotopic (exact) mass is 322 g/mol. The quantitative estimate of drug-likeness (QED) is 0.630. The first kappa shape index (κ1) is 13.5. The van der Waals surface area contributed by atoms with Crippen LogP contribution in [-0.2, 0) is 0 Å². The average molecular weight is 323 g/mol. The number of rotatable bonds is 3. The van der Waals surface area contributed by atoms with E-state index >= 15 is 0 Å². The fourth-order valence-electron chi connectivity index (χ4n) is 1.61. The van der Waals surface area contributed by atoms with Gasteiger partial charge in [-0.2, -0.15) is 0 Å². The molecular weight excluding hydrogens is 312 g/mol. The Kier molecular flexibility index (Phi) is 3.80. The molecule has 0 aliphatic heterocycles. The summed E-state index contributed by atoms with van der Waals surface area (Å²) in [7, 11) is 0. The van der Waals surface area contributed by atoms with E-state index in [1.54, 1.807) is 6.08 Å². The van der Waals surface area contributed by atoms with Crippen molar-refractivity contribution in [1.29, 1.82) is 0 Å². The second-order valence-corrected chi connectivity index (χ2v) is 4.96. The van der Waals surface area contributed by atoms with Crippen molar-refractivity contribution in [2.75, 3.05) is 0 Å². The lowest BCUT2D eigenvalue weighted by Crippen LogP contribution is -1.91. The number of benzene rings is 1. The molecular formula is C13H11BrN2O3. The zero-order valence-corrected chi connectivity index (χ0v) is 12.0. The maximum absolute atomic E-state index is 11.0. The number of halogens is 1. The maximum atomic E-state index is 11.0. The predicted molar refractivity (Wildman–Crippen MR) is 75.9 cm³/mol. The molecule has 19 heavy (non-hydrogen) atoms. The van der Waals surface area contributed by atoms with E-state index in [-0.39, 0.29) is 17.1 Å². The molecule has 6 heteroatoms. The molecule has 0 bridgehead atoms. The Morgan fingerprint density at radius 1 is 1.37 bits per heavy atom. The summed E-state index contributed by atoms with van der Waals surface area (Å²) in [6, 6.07) is 7.77. The van der Waals surface area contributed by atoms with Crippen molar-refractivity contribution in [3.05, 3.63) is 57.0 Å². The highest BCUT2D eigenvalue weighted by Crippen LogP contribution is 2.33. The molecule has 0 spiro atoms. The first-order valence-corrected chi connectivity index (χ1v) is 6.33. The van der Waals surface area contributed by atoms with Gasteiger partial charge in [0.1, 0.15) is 0 Å². The van der Waals surface area contributed by atoms with Crippen LogP contribution < -0.4 is 0 Å². The van der Waals surface area contributed by atoms with Crippen LogP contribution in [0.25, 0.3) is 10.6 Å². The first-order valence-electron chi connectivity index (χ1n) is 5.54. The smallest absolute Gasteiger partial charge is 0.339 e. The SMILES string of the molecule is Cc1ccc(/C=C(/Br)c2onc(C)c2[N+](=O)[O-])cc1. The number of nitro groups is 1. The largest absolute Gasteiger partial charge is 0.348 e. The zero-order valence-electron chi connectivity index (χ0n) is 10.4. The van der Waals surface area contributed by atoms with Crippen LogP contribution in [0.3, 0.4) is 0 Å². The third-order valence-electron chi connectivity index (χ3n) is 2.60. The van der Waals surface area contributed by atoms with Crippen molar-refractivity contribution in [2.45, 2.75) is 13.8 Å². The number of nitrogens with zero attached hydrogens (tertiary/aromatic N) is 2. The van der Waals surface area contributed by atoms with E-state index in [0.29, 0.717) is 4.48 Å². The molecule has 0 saturated carbocycles. The Morgan fingerprint density at radius 3 is 2.58 bits per heavy atom. The van der Waals surface area contributed by atoms with E-state index in [1.807, 2.05) is 31.2 Å². The van der Waals surface area contributed by atoms with E-state index in [1.165, 1.54) is 6.92 Å². The normalized spacial score (nSPS) is 11.6. The van der Waals surface area contributed by atoms with Crippen LogP contribution in [0, 0.1) is 24.0 Å². The molecule has 98 valence electrons. The van der Waals surface area contributed by atoms with E-state index < -0.39 is 4.92 Å². The topological polar surface area (TPSA) is 69.2 Å². The molecule has 0 unspecified atom stereocenters. The molecule has 0 N–H and O–H groups in total. The fraction of sp³-hybridized carbons (Fsp3) is 0.154. The van der Waals surface area contributed by atoms with Gasteiger partial charge in [-0.15, -0.1) is 0 Å². The molecule has 2 aromatic rings.